The first-order chi connectivity index (χ1) is 17.3. The monoisotopic (exact) mass is 480 g/mol. The molecule has 3 aromatic rings. The van der Waals surface area contributed by atoms with Crippen LogP contribution in [0, 0.1) is 24.7 Å². The van der Waals surface area contributed by atoms with Gasteiger partial charge in [0, 0.05) is 6.04 Å². The molecule has 4 unspecified atom stereocenters. The number of rotatable bonds is 4. The molecule has 2 saturated heterocycles. The van der Waals surface area contributed by atoms with Gasteiger partial charge in [0.25, 0.3) is 0 Å². The van der Waals surface area contributed by atoms with Gasteiger partial charge in [0.05, 0.1) is 17.5 Å². The Morgan fingerprint density at radius 2 is 1.67 bits per heavy atom. The third-order valence-electron chi connectivity index (χ3n) is 8.39. The lowest BCUT2D eigenvalue weighted by molar-refractivity contribution is -0.151. The van der Waals surface area contributed by atoms with Crippen LogP contribution in [-0.2, 0) is 20.8 Å². The zero-order valence-electron chi connectivity index (χ0n) is 20.5. The van der Waals surface area contributed by atoms with Crippen LogP contribution in [0.15, 0.2) is 66.7 Å². The van der Waals surface area contributed by atoms with Gasteiger partial charge in [0.1, 0.15) is 5.54 Å². The third-order valence-corrected chi connectivity index (χ3v) is 8.39. The van der Waals surface area contributed by atoms with Crippen molar-refractivity contribution in [2.75, 3.05) is 4.90 Å². The number of carbonyl (C=O) groups excluding carboxylic acids is 2. The molecule has 0 spiro atoms. The number of aryl methyl sites for hydroxylation is 1. The van der Waals surface area contributed by atoms with Crippen LogP contribution in [0.5, 0.6) is 0 Å². The van der Waals surface area contributed by atoms with Gasteiger partial charge in [0.15, 0.2) is 0 Å². The molecule has 2 aliphatic heterocycles. The maximum absolute atomic E-state index is 14.0. The molecule has 4 atom stereocenters. The fourth-order valence-electron chi connectivity index (χ4n) is 6.61. The summed E-state index contributed by atoms with van der Waals surface area (Å²) in [5, 5.41) is 13.8. The number of carboxylic acid groups (broad SMARTS) is 1. The zero-order chi connectivity index (χ0) is 25.4. The van der Waals surface area contributed by atoms with Crippen molar-refractivity contribution in [2.45, 2.75) is 38.8 Å². The number of benzene rings is 3. The number of hydrogen-bond donors (Lipinski definition) is 2. The van der Waals surface area contributed by atoms with E-state index in [4.69, 9.17) is 0 Å². The minimum absolute atomic E-state index is 0.343. The summed E-state index contributed by atoms with van der Waals surface area (Å²) in [7, 11) is 0. The number of aliphatic carboxylic acids is 1. The minimum atomic E-state index is -1.55. The molecule has 2 N–H and O–H groups in total. The van der Waals surface area contributed by atoms with Crippen LogP contribution in [0.1, 0.15) is 42.1 Å². The molecule has 6 nitrogen and oxygen atoms in total. The third kappa shape index (κ3) is 2.91. The Labute approximate surface area is 209 Å². The van der Waals surface area contributed by atoms with Crippen molar-refractivity contribution in [1.29, 1.82) is 0 Å². The molecular formula is C30H28N2O4. The van der Waals surface area contributed by atoms with Gasteiger partial charge in [-0.25, -0.2) is 4.90 Å². The largest absolute Gasteiger partial charge is 0.480 e. The summed E-state index contributed by atoms with van der Waals surface area (Å²) in [5.41, 5.74) is 5.37. The summed E-state index contributed by atoms with van der Waals surface area (Å²) in [6.07, 6.45) is 0.788. The highest BCUT2D eigenvalue weighted by molar-refractivity contribution is 6.24. The van der Waals surface area contributed by atoms with E-state index in [1.807, 2.05) is 37.3 Å². The van der Waals surface area contributed by atoms with E-state index in [2.05, 4.69) is 29.6 Å². The van der Waals surface area contributed by atoms with Gasteiger partial charge in [0.2, 0.25) is 11.8 Å². The van der Waals surface area contributed by atoms with Crippen molar-refractivity contribution in [1.82, 2.24) is 5.32 Å². The molecule has 3 aliphatic rings. The predicted octanol–water partition coefficient (Wildman–Crippen LogP) is 4.50. The summed E-state index contributed by atoms with van der Waals surface area (Å²) < 4.78 is 0. The average molecular weight is 481 g/mol. The number of imide groups is 1. The fourth-order valence-corrected chi connectivity index (χ4v) is 6.61. The lowest BCUT2D eigenvalue weighted by Crippen LogP contribution is -2.59. The van der Waals surface area contributed by atoms with Crippen LogP contribution >= 0.6 is 0 Å². The van der Waals surface area contributed by atoms with Crippen LogP contribution in [0.4, 0.5) is 5.69 Å². The molecule has 6 rings (SSSR count). The maximum atomic E-state index is 14.0. The van der Waals surface area contributed by atoms with E-state index in [0.717, 1.165) is 28.7 Å². The van der Waals surface area contributed by atoms with Gasteiger partial charge < -0.3 is 5.11 Å². The average Bonchev–Trinajstić information content (AvgIpc) is 3.49. The second kappa shape index (κ2) is 7.87. The van der Waals surface area contributed by atoms with Crippen molar-refractivity contribution < 1.29 is 19.5 Å². The van der Waals surface area contributed by atoms with Crippen LogP contribution in [0.2, 0.25) is 0 Å². The SMILES string of the molecule is Cc1ccccc1N1C(=O)C2C(c3ccc4c(c3)Cc3ccccc3-4)NC(C(=O)O)(C(C)C)C2C1=O. The number of nitrogens with one attached hydrogen (secondary N) is 1. The van der Waals surface area contributed by atoms with Crippen molar-refractivity contribution in [3.8, 4) is 11.1 Å². The number of anilines is 1. The molecule has 1 aliphatic carbocycles. The number of carboxylic acids is 1. The van der Waals surface area contributed by atoms with E-state index >= 15 is 0 Å². The van der Waals surface area contributed by atoms with Gasteiger partial charge in [-0.05, 0) is 58.7 Å². The van der Waals surface area contributed by atoms with E-state index in [0.29, 0.717) is 5.69 Å². The molecule has 3 aromatic carbocycles. The second-order valence-corrected chi connectivity index (χ2v) is 10.5. The number of nitrogens with zero attached hydrogens (tertiary/aromatic N) is 1. The molecule has 0 saturated carbocycles. The van der Waals surface area contributed by atoms with Crippen molar-refractivity contribution in [2.24, 2.45) is 17.8 Å². The van der Waals surface area contributed by atoms with Crippen molar-refractivity contribution in [3.05, 3.63) is 89.0 Å². The quantitative estimate of drug-likeness (QED) is 0.420. The highest BCUT2D eigenvalue weighted by Crippen LogP contribution is 2.53. The lowest BCUT2D eigenvalue weighted by atomic mass is 9.73. The van der Waals surface area contributed by atoms with E-state index in [-0.39, 0.29) is 5.91 Å². The number of hydrogen-bond acceptors (Lipinski definition) is 4. The molecule has 2 fully saturated rings. The highest BCUT2D eigenvalue weighted by Gasteiger charge is 2.69. The summed E-state index contributed by atoms with van der Waals surface area (Å²) in [6, 6.07) is 21.1. The molecular weight excluding hydrogens is 452 g/mol. The van der Waals surface area contributed by atoms with Gasteiger partial charge in [-0.2, -0.15) is 0 Å². The first kappa shape index (κ1) is 22.7. The van der Waals surface area contributed by atoms with Gasteiger partial charge in [-0.3, -0.25) is 19.7 Å². The van der Waals surface area contributed by atoms with Gasteiger partial charge in [-0.1, -0.05) is 74.5 Å². The van der Waals surface area contributed by atoms with Crippen LogP contribution in [0.25, 0.3) is 11.1 Å². The Morgan fingerprint density at radius 3 is 2.39 bits per heavy atom. The number of carbonyl (C=O) groups is 3. The molecule has 36 heavy (non-hydrogen) atoms. The lowest BCUT2D eigenvalue weighted by Gasteiger charge is -2.34. The highest BCUT2D eigenvalue weighted by atomic mass is 16.4. The predicted molar refractivity (Wildman–Crippen MR) is 136 cm³/mol. The Balaban J connectivity index is 1.48. The zero-order valence-corrected chi connectivity index (χ0v) is 20.5. The molecule has 2 amide bonds. The van der Waals surface area contributed by atoms with E-state index in [1.54, 1.807) is 26.0 Å². The first-order valence-corrected chi connectivity index (χ1v) is 12.4. The molecule has 182 valence electrons. The summed E-state index contributed by atoms with van der Waals surface area (Å²) >= 11 is 0. The summed E-state index contributed by atoms with van der Waals surface area (Å²) in [4.78, 5) is 41.9. The van der Waals surface area contributed by atoms with Crippen LogP contribution in [0.3, 0.4) is 0 Å². The summed E-state index contributed by atoms with van der Waals surface area (Å²) in [5.74, 6) is -4.12. The van der Waals surface area contributed by atoms with E-state index in [9.17, 15) is 19.5 Å². The molecule has 2 heterocycles. The Bertz CT molecular complexity index is 1440. The maximum Gasteiger partial charge on any atom is 0.325 e. The standard InChI is InChI=1S/C30H28N2O4/c1-16(2)30(29(35)36)25-24(27(33)32(28(25)34)23-11-7-4-8-17(23)3)26(31-30)19-12-13-22-20(15-19)14-18-9-5-6-10-21(18)22/h4-13,15-16,24-26,31H,14H2,1-3H3,(H,35,36). The van der Waals surface area contributed by atoms with Crippen molar-refractivity contribution in [3.63, 3.8) is 0 Å². The molecule has 0 aromatic heterocycles. The molecule has 6 heteroatoms. The topological polar surface area (TPSA) is 86.7 Å². The molecule has 0 bridgehead atoms. The van der Waals surface area contributed by atoms with Gasteiger partial charge in [-0.15, -0.1) is 0 Å². The second-order valence-electron chi connectivity index (χ2n) is 10.5. The van der Waals surface area contributed by atoms with E-state index < -0.39 is 41.2 Å². The molecule has 0 radical (unpaired) electrons. The normalized spacial score (nSPS) is 26.3. The first-order valence-electron chi connectivity index (χ1n) is 12.4. The Morgan fingerprint density at radius 1 is 0.972 bits per heavy atom. The minimum Gasteiger partial charge on any atom is -0.480 e. The number of para-hydroxylation sites is 1. The fraction of sp³-hybridized carbons (Fsp3) is 0.300. The number of amides is 2. The van der Waals surface area contributed by atoms with E-state index in [1.165, 1.54) is 16.0 Å². The Hall–Kier alpha value is -3.77. The van der Waals surface area contributed by atoms with Gasteiger partial charge >= 0.3 is 5.97 Å². The smallest absolute Gasteiger partial charge is 0.325 e. The number of fused-ring (bicyclic) bond motifs is 4. The summed E-state index contributed by atoms with van der Waals surface area (Å²) in [6.45, 7) is 5.45. The van der Waals surface area contributed by atoms with Crippen LogP contribution < -0.4 is 10.2 Å². The van der Waals surface area contributed by atoms with Crippen molar-refractivity contribution >= 4 is 23.5 Å². The Kier molecular flexibility index (Phi) is 4.96. The van der Waals surface area contributed by atoms with Crippen LogP contribution in [-0.4, -0.2) is 28.4 Å².